The lowest BCUT2D eigenvalue weighted by Gasteiger charge is -2.70. The van der Waals surface area contributed by atoms with Crippen molar-refractivity contribution in [1.82, 2.24) is 0 Å². The largest absolute Gasteiger partial charge is 0.393 e. The SMILES string of the molecule is CC(C)(O)/C=C/C[C@](C)(O)[C@H]1CC[C@]2(C)[C@@H]1CC[C@@H]1[C@@]3(C)CC[C@@H](O)C(C)(C)[C@@H]3CC[C@]12C. The Morgan fingerprint density at radius 2 is 1.42 bits per heavy atom. The number of aliphatic hydroxyl groups excluding tert-OH is 1. The zero-order chi connectivity index (χ0) is 24.7. The summed E-state index contributed by atoms with van der Waals surface area (Å²) >= 11 is 0. The minimum Gasteiger partial charge on any atom is -0.393 e. The van der Waals surface area contributed by atoms with E-state index in [0.29, 0.717) is 40.9 Å². The summed E-state index contributed by atoms with van der Waals surface area (Å²) in [5.41, 5.74) is -0.695. The van der Waals surface area contributed by atoms with Crippen molar-refractivity contribution in [2.75, 3.05) is 0 Å². The van der Waals surface area contributed by atoms with Crippen molar-refractivity contribution in [2.24, 2.45) is 45.3 Å². The van der Waals surface area contributed by atoms with Crippen LogP contribution in [0.15, 0.2) is 12.2 Å². The zero-order valence-electron chi connectivity index (χ0n) is 22.7. The van der Waals surface area contributed by atoms with Crippen molar-refractivity contribution >= 4 is 0 Å². The molecule has 0 aromatic rings. The maximum absolute atomic E-state index is 11.6. The number of rotatable bonds is 4. The molecule has 3 heteroatoms. The molecule has 190 valence electrons. The molecule has 3 nitrogen and oxygen atoms in total. The molecule has 0 radical (unpaired) electrons. The Labute approximate surface area is 203 Å². The molecule has 4 fully saturated rings. The molecule has 0 saturated heterocycles. The van der Waals surface area contributed by atoms with Gasteiger partial charge in [0.05, 0.1) is 17.3 Å². The van der Waals surface area contributed by atoms with E-state index in [1.807, 2.05) is 19.1 Å². The highest BCUT2D eigenvalue weighted by Crippen LogP contribution is 2.75. The van der Waals surface area contributed by atoms with Crippen LogP contribution in [0.3, 0.4) is 0 Å². The molecule has 3 N–H and O–H groups in total. The molecule has 4 aliphatic carbocycles. The summed E-state index contributed by atoms with van der Waals surface area (Å²) in [5, 5.41) is 32.5. The highest BCUT2D eigenvalue weighted by molar-refractivity contribution is 5.18. The Hall–Kier alpha value is -0.380. The Balaban J connectivity index is 1.61. The van der Waals surface area contributed by atoms with E-state index in [1.54, 1.807) is 13.8 Å². The zero-order valence-corrected chi connectivity index (χ0v) is 22.7. The van der Waals surface area contributed by atoms with Crippen molar-refractivity contribution in [3.05, 3.63) is 12.2 Å². The van der Waals surface area contributed by atoms with Crippen LogP contribution < -0.4 is 0 Å². The number of hydrogen-bond acceptors (Lipinski definition) is 3. The average molecular weight is 461 g/mol. The minimum atomic E-state index is -0.832. The van der Waals surface area contributed by atoms with Crippen molar-refractivity contribution in [1.29, 1.82) is 0 Å². The van der Waals surface area contributed by atoms with Gasteiger partial charge < -0.3 is 15.3 Å². The Bertz CT molecular complexity index is 776. The molecule has 0 aromatic heterocycles. The normalized spacial score (nSPS) is 49.2. The Kier molecular flexibility index (Phi) is 6.08. The van der Waals surface area contributed by atoms with Gasteiger partial charge in [0.2, 0.25) is 0 Å². The van der Waals surface area contributed by atoms with E-state index in [4.69, 9.17) is 0 Å². The summed E-state index contributed by atoms with van der Waals surface area (Å²) in [5.74, 6) is 2.18. The lowest BCUT2D eigenvalue weighted by molar-refractivity contribution is -0.224. The van der Waals surface area contributed by atoms with Gasteiger partial charge in [-0.25, -0.2) is 0 Å². The summed E-state index contributed by atoms with van der Waals surface area (Å²) in [6.07, 6.45) is 13.7. The molecule has 0 aromatic carbocycles. The topological polar surface area (TPSA) is 60.7 Å². The molecule has 0 aliphatic heterocycles. The molecule has 0 spiro atoms. The van der Waals surface area contributed by atoms with Crippen molar-refractivity contribution in [2.45, 2.75) is 130 Å². The predicted octanol–water partition coefficient (Wildman–Crippen LogP) is 6.50. The van der Waals surface area contributed by atoms with Gasteiger partial charge in [0, 0.05) is 0 Å². The van der Waals surface area contributed by atoms with Gasteiger partial charge in [-0.1, -0.05) is 46.8 Å². The molecule has 0 unspecified atom stereocenters. The first-order chi connectivity index (χ1) is 15.0. The van der Waals surface area contributed by atoms with Gasteiger partial charge in [0.25, 0.3) is 0 Å². The Morgan fingerprint density at radius 1 is 0.788 bits per heavy atom. The van der Waals surface area contributed by atoms with Crippen molar-refractivity contribution < 1.29 is 15.3 Å². The quantitative estimate of drug-likeness (QED) is 0.420. The lowest BCUT2D eigenvalue weighted by Crippen LogP contribution is -2.64. The summed E-state index contributed by atoms with van der Waals surface area (Å²) in [6, 6.07) is 0. The van der Waals surface area contributed by atoms with Crippen molar-refractivity contribution in [3.8, 4) is 0 Å². The van der Waals surface area contributed by atoms with Crippen LogP contribution in [0.4, 0.5) is 0 Å². The van der Waals surface area contributed by atoms with Crippen molar-refractivity contribution in [3.63, 3.8) is 0 Å². The van der Waals surface area contributed by atoms with E-state index >= 15 is 0 Å². The van der Waals surface area contributed by atoms with Gasteiger partial charge in [-0.05, 0) is 124 Å². The lowest BCUT2D eigenvalue weighted by atomic mass is 9.35. The highest BCUT2D eigenvalue weighted by atomic mass is 16.3. The van der Waals surface area contributed by atoms with Gasteiger partial charge >= 0.3 is 0 Å². The van der Waals surface area contributed by atoms with Crippen LogP contribution in [0.2, 0.25) is 0 Å². The molecule has 0 heterocycles. The summed E-state index contributed by atoms with van der Waals surface area (Å²) < 4.78 is 0. The molecule has 9 atom stereocenters. The van der Waals surface area contributed by atoms with Crippen LogP contribution in [0, 0.1) is 45.3 Å². The molecule has 4 saturated carbocycles. The third-order valence-corrected chi connectivity index (χ3v) is 12.2. The first-order valence-electron chi connectivity index (χ1n) is 13.8. The second kappa shape index (κ2) is 7.81. The van der Waals surface area contributed by atoms with Gasteiger partial charge in [-0.15, -0.1) is 0 Å². The van der Waals surface area contributed by atoms with Crippen LogP contribution in [0.25, 0.3) is 0 Å². The smallest absolute Gasteiger partial charge is 0.0771 e. The first kappa shape index (κ1) is 25.7. The fourth-order valence-corrected chi connectivity index (χ4v) is 10.2. The average Bonchev–Trinajstić information content (AvgIpc) is 3.03. The maximum atomic E-state index is 11.6. The summed E-state index contributed by atoms with van der Waals surface area (Å²) in [4.78, 5) is 0. The molecule has 4 aliphatic rings. The van der Waals surface area contributed by atoms with E-state index in [9.17, 15) is 15.3 Å². The van der Waals surface area contributed by atoms with Crippen LogP contribution in [0.5, 0.6) is 0 Å². The fraction of sp³-hybridized carbons (Fsp3) is 0.933. The number of aliphatic hydroxyl groups is 3. The van der Waals surface area contributed by atoms with E-state index in [2.05, 4.69) is 34.6 Å². The highest BCUT2D eigenvalue weighted by Gasteiger charge is 2.69. The van der Waals surface area contributed by atoms with E-state index in [1.165, 1.54) is 32.1 Å². The molecular formula is C30H52O3. The van der Waals surface area contributed by atoms with E-state index < -0.39 is 11.2 Å². The van der Waals surface area contributed by atoms with Crippen LogP contribution in [-0.4, -0.2) is 32.6 Å². The predicted molar refractivity (Wildman–Crippen MR) is 136 cm³/mol. The summed E-state index contributed by atoms with van der Waals surface area (Å²) in [7, 11) is 0. The second-order valence-corrected chi connectivity index (χ2v) is 14.8. The Morgan fingerprint density at radius 3 is 2.06 bits per heavy atom. The van der Waals surface area contributed by atoms with E-state index in [-0.39, 0.29) is 16.9 Å². The molecule has 33 heavy (non-hydrogen) atoms. The van der Waals surface area contributed by atoms with Gasteiger partial charge in [0.1, 0.15) is 0 Å². The van der Waals surface area contributed by atoms with E-state index in [0.717, 1.165) is 19.3 Å². The second-order valence-electron chi connectivity index (χ2n) is 14.8. The molecule has 0 amide bonds. The van der Waals surface area contributed by atoms with Crippen LogP contribution >= 0.6 is 0 Å². The van der Waals surface area contributed by atoms with Crippen LogP contribution in [-0.2, 0) is 0 Å². The molecule has 0 bridgehead atoms. The summed E-state index contributed by atoms with van der Waals surface area (Å²) in [6.45, 7) is 18.0. The fourth-order valence-electron chi connectivity index (χ4n) is 10.2. The van der Waals surface area contributed by atoms with Gasteiger partial charge in [0.15, 0.2) is 0 Å². The third-order valence-electron chi connectivity index (χ3n) is 12.2. The maximum Gasteiger partial charge on any atom is 0.0771 e. The number of hydrogen-bond donors (Lipinski definition) is 3. The standard InChI is InChI=1S/C30H52O3/c1-25(2,32)15-9-16-30(8,33)21-12-18-28(6)20(21)10-11-23-27(5)17-14-24(31)26(3,4)22(27)13-19-29(23,28)7/h9,15,20-24,31-33H,10-14,16-19H2,1-8H3/b15-9+/t20-,21+,22+,23-,24-,27+,28-,29-,30+/m1/s1. The third kappa shape index (κ3) is 3.78. The monoisotopic (exact) mass is 460 g/mol. The van der Waals surface area contributed by atoms with Gasteiger partial charge in [-0.3, -0.25) is 0 Å². The molecular weight excluding hydrogens is 408 g/mol. The minimum absolute atomic E-state index is 0.000777. The first-order valence-corrected chi connectivity index (χ1v) is 13.8. The number of fused-ring (bicyclic) bond motifs is 5. The van der Waals surface area contributed by atoms with Gasteiger partial charge in [-0.2, -0.15) is 0 Å². The van der Waals surface area contributed by atoms with Crippen LogP contribution in [0.1, 0.15) is 113 Å². The molecule has 4 rings (SSSR count).